The molecule has 0 spiro atoms. The molecular formula is C10H23N3O2S. The molecule has 0 aromatic rings. The van der Waals surface area contributed by atoms with Crippen LogP contribution in [0.5, 0.6) is 0 Å². The van der Waals surface area contributed by atoms with Crippen molar-refractivity contribution < 1.29 is 8.42 Å². The van der Waals surface area contributed by atoms with E-state index in [1.807, 2.05) is 6.92 Å². The normalized spacial score (nSPS) is 20.9. The lowest BCUT2D eigenvalue weighted by Crippen LogP contribution is -2.43. The van der Waals surface area contributed by atoms with Gasteiger partial charge in [-0.2, -0.15) is 12.7 Å². The van der Waals surface area contributed by atoms with E-state index in [0.717, 1.165) is 32.1 Å². The Kier molecular flexibility index (Phi) is 5.68. The largest absolute Gasteiger partial charge is 0.328 e. The first-order chi connectivity index (χ1) is 7.52. The zero-order chi connectivity index (χ0) is 12.0. The van der Waals surface area contributed by atoms with E-state index in [0.29, 0.717) is 19.6 Å². The van der Waals surface area contributed by atoms with E-state index in [-0.39, 0.29) is 6.04 Å². The maximum Gasteiger partial charge on any atom is 0.279 e. The number of nitrogens with one attached hydrogen (secondary N) is 1. The SMILES string of the molecule is CC(N)CCCNS(=O)(=O)N1CCCCC1. The molecule has 1 rings (SSSR count). The zero-order valence-electron chi connectivity index (χ0n) is 9.98. The van der Waals surface area contributed by atoms with Gasteiger partial charge in [0.2, 0.25) is 0 Å². The molecule has 0 aromatic heterocycles. The first kappa shape index (κ1) is 13.9. The second-order valence-electron chi connectivity index (χ2n) is 4.48. The lowest BCUT2D eigenvalue weighted by Gasteiger charge is -2.25. The summed E-state index contributed by atoms with van der Waals surface area (Å²) in [5.74, 6) is 0. The van der Waals surface area contributed by atoms with Crippen LogP contribution in [0.2, 0.25) is 0 Å². The van der Waals surface area contributed by atoms with E-state index in [1.165, 1.54) is 0 Å². The average molecular weight is 249 g/mol. The summed E-state index contributed by atoms with van der Waals surface area (Å²) in [6.45, 7) is 3.73. The molecule has 1 saturated heterocycles. The molecule has 1 aliphatic rings. The van der Waals surface area contributed by atoms with Gasteiger partial charge in [0, 0.05) is 25.7 Å². The third kappa shape index (κ3) is 4.78. The van der Waals surface area contributed by atoms with Crippen LogP contribution in [0.1, 0.15) is 39.0 Å². The van der Waals surface area contributed by atoms with Crippen LogP contribution in [0, 0.1) is 0 Å². The van der Waals surface area contributed by atoms with Crippen LogP contribution < -0.4 is 10.5 Å². The highest BCUT2D eigenvalue weighted by Gasteiger charge is 2.22. The number of hydrogen-bond donors (Lipinski definition) is 2. The van der Waals surface area contributed by atoms with Crippen LogP contribution >= 0.6 is 0 Å². The summed E-state index contributed by atoms with van der Waals surface area (Å²) in [7, 11) is -3.24. The molecule has 0 aliphatic carbocycles. The first-order valence-corrected chi connectivity index (χ1v) is 7.47. The number of nitrogens with two attached hydrogens (primary N) is 1. The molecule has 3 N–H and O–H groups in total. The van der Waals surface area contributed by atoms with Crippen molar-refractivity contribution >= 4 is 10.2 Å². The van der Waals surface area contributed by atoms with Gasteiger partial charge in [0.05, 0.1) is 0 Å². The molecule has 1 aliphatic heterocycles. The average Bonchev–Trinajstić information content (AvgIpc) is 2.26. The number of hydrogen-bond acceptors (Lipinski definition) is 3. The van der Waals surface area contributed by atoms with E-state index >= 15 is 0 Å². The fourth-order valence-electron chi connectivity index (χ4n) is 1.82. The monoisotopic (exact) mass is 249 g/mol. The Morgan fingerprint density at radius 1 is 1.31 bits per heavy atom. The van der Waals surface area contributed by atoms with Crippen LogP contribution in [0.15, 0.2) is 0 Å². The predicted octanol–water partition coefficient (Wildman–Crippen LogP) is 0.434. The van der Waals surface area contributed by atoms with Gasteiger partial charge in [-0.05, 0) is 32.6 Å². The summed E-state index contributed by atoms with van der Waals surface area (Å²) in [6, 6.07) is 0.138. The van der Waals surface area contributed by atoms with E-state index < -0.39 is 10.2 Å². The van der Waals surface area contributed by atoms with Gasteiger partial charge in [-0.1, -0.05) is 6.42 Å². The van der Waals surface area contributed by atoms with Crippen LogP contribution in [0.25, 0.3) is 0 Å². The molecule has 5 nitrogen and oxygen atoms in total. The van der Waals surface area contributed by atoms with Gasteiger partial charge in [0.1, 0.15) is 0 Å². The molecule has 0 aromatic carbocycles. The Morgan fingerprint density at radius 2 is 1.94 bits per heavy atom. The molecule has 6 heteroatoms. The van der Waals surface area contributed by atoms with Crippen molar-refractivity contribution in [3.8, 4) is 0 Å². The summed E-state index contributed by atoms with van der Waals surface area (Å²) in [6.07, 6.45) is 4.73. The van der Waals surface area contributed by atoms with Crippen molar-refractivity contribution in [2.24, 2.45) is 5.73 Å². The molecule has 96 valence electrons. The minimum Gasteiger partial charge on any atom is -0.328 e. The topological polar surface area (TPSA) is 75.4 Å². The molecular weight excluding hydrogens is 226 g/mol. The molecule has 1 atom stereocenters. The molecule has 0 radical (unpaired) electrons. The van der Waals surface area contributed by atoms with Gasteiger partial charge in [0.15, 0.2) is 0 Å². The fraction of sp³-hybridized carbons (Fsp3) is 1.00. The number of piperidine rings is 1. The Hall–Kier alpha value is -0.170. The highest BCUT2D eigenvalue weighted by molar-refractivity contribution is 7.87. The first-order valence-electron chi connectivity index (χ1n) is 6.02. The molecule has 0 amide bonds. The number of nitrogens with zero attached hydrogens (tertiary/aromatic N) is 1. The van der Waals surface area contributed by atoms with Gasteiger partial charge in [0.25, 0.3) is 10.2 Å². The summed E-state index contributed by atoms with van der Waals surface area (Å²) in [5.41, 5.74) is 5.60. The second kappa shape index (κ2) is 6.54. The third-order valence-corrected chi connectivity index (χ3v) is 4.39. The predicted molar refractivity (Wildman–Crippen MR) is 65.2 cm³/mol. The van der Waals surface area contributed by atoms with Crippen molar-refractivity contribution in [2.45, 2.75) is 45.1 Å². The van der Waals surface area contributed by atoms with Gasteiger partial charge >= 0.3 is 0 Å². The summed E-state index contributed by atoms with van der Waals surface area (Å²) >= 11 is 0. The third-order valence-electron chi connectivity index (χ3n) is 2.78. The summed E-state index contributed by atoms with van der Waals surface area (Å²) < 4.78 is 27.8. The minimum atomic E-state index is -3.24. The van der Waals surface area contributed by atoms with E-state index in [9.17, 15) is 8.42 Å². The van der Waals surface area contributed by atoms with Gasteiger partial charge in [-0.25, -0.2) is 4.72 Å². The summed E-state index contributed by atoms with van der Waals surface area (Å²) in [5, 5.41) is 0. The fourth-order valence-corrected chi connectivity index (χ4v) is 3.15. The van der Waals surface area contributed by atoms with Crippen LogP contribution in [-0.2, 0) is 10.2 Å². The lowest BCUT2D eigenvalue weighted by atomic mass is 10.2. The maximum atomic E-state index is 11.8. The van der Waals surface area contributed by atoms with Crippen molar-refractivity contribution in [2.75, 3.05) is 19.6 Å². The van der Waals surface area contributed by atoms with Gasteiger partial charge < -0.3 is 5.73 Å². The number of rotatable bonds is 6. The smallest absolute Gasteiger partial charge is 0.279 e. The Balaban J connectivity index is 2.27. The Labute approximate surface area is 98.6 Å². The van der Waals surface area contributed by atoms with Crippen molar-refractivity contribution in [1.29, 1.82) is 0 Å². The minimum absolute atomic E-state index is 0.138. The molecule has 1 heterocycles. The van der Waals surface area contributed by atoms with Gasteiger partial charge in [-0.15, -0.1) is 0 Å². The Morgan fingerprint density at radius 3 is 2.50 bits per heavy atom. The highest BCUT2D eigenvalue weighted by atomic mass is 32.2. The van der Waals surface area contributed by atoms with Crippen LogP contribution in [0.4, 0.5) is 0 Å². The van der Waals surface area contributed by atoms with Gasteiger partial charge in [-0.3, -0.25) is 0 Å². The maximum absolute atomic E-state index is 11.8. The lowest BCUT2D eigenvalue weighted by molar-refractivity contribution is 0.341. The summed E-state index contributed by atoms with van der Waals surface area (Å²) in [4.78, 5) is 0. The van der Waals surface area contributed by atoms with E-state index in [4.69, 9.17) is 5.73 Å². The molecule has 0 bridgehead atoms. The zero-order valence-corrected chi connectivity index (χ0v) is 10.8. The van der Waals surface area contributed by atoms with Crippen LogP contribution in [0.3, 0.4) is 0 Å². The van der Waals surface area contributed by atoms with Crippen molar-refractivity contribution in [1.82, 2.24) is 9.03 Å². The Bertz CT molecular complexity index is 284. The van der Waals surface area contributed by atoms with Crippen molar-refractivity contribution in [3.05, 3.63) is 0 Å². The molecule has 1 unspecified atom stereocenters. The van der Waals surface area contributed by atoms with Crippen molar-refractivity contribution in [3.63, 3.8) is 0 Å². The molecule has 0 saturated carbocycles. The highest BCUT2D eigenvalue weighted by Crippen LogP contribution is 2.11. The quantitative estimate of drug-likeness (QED) is 0.670. The van der Waals surface area contributed by atoms with E-state index in [1.54, 1.807) is 4.31 Å². The second-order valence-corrected chi connectivity index (χ2v) is 6.23. The standard InChI is InChI=1S/C10H23N3O2S/c1-10(11)6-5-7-12-16(14,15)13-8-3-2-4-9-13/h10,12H,2-9,11H2,1H3. The van der Waals surface area contributed by atoms with E-state index in [2.05, 4.69) is 4.72 Å². The molecule has 16 heavy (non-hydrogen) atoms. The molecule has 1 fully saturated rings. The van der Waals surface area contributed by atoms with Crippen LogP contribution in [-0.4, -0.2) is 38.4 Å².